The van der Waals surface area contributed by atoms with E-state index in [1.54, 1.807) is 12.1 Å². The lowest BCUT2D eigenvalue weighted by Crippen LogP contribution is -1.91. The molecule has 6 heteroatoms. The fourth-order valence-corrected chi connectivity index (χ4v) is 2.22. The fourth-order valence-electron chi connectivity index (χ4n) is 1.30. The van der Waals surface area contributed by atoms with Crippen LogP contribution in [-0.4, -0.2) is 11.1 Å². The first-order valence-electron chi connectivity index (χ1n) is 4.96. The molecule has 0 bridgehead atoms. The van der Waals surface area contributed by atoms with Crippen LogP contribution in [0.25, 0.3) is 0 Å². The van der Waals surface area contributed by atoms with E-state index in [0.29, 0.717) is 10.8 Å². The van der Waals surface area contributed by atoms with Gasteiger partial charge in [0, 0.05) is 5.75 Å². The second kappa shape index (κ2) is 5.46. The van der Waals surface area contributed by atoms with Gasteiger partial charge in [-0.3, -0.25) is 0 Å². The lowest BCUT2D eigenvalue weighted by molar-refractivity contribution is 0.0656. The Balaban J connectivity index is 2.02. The predicted octanol–water partition coefficient (Wildman–Crippen LogP) is 4.06. The molecular formula is C12H8ClFO3S. The maximum Gasteiger partial charge on any atom is 0.371 e. The lowest BCUT2D eigenvalue weighted by atomic mass is 10.2. The largest absolute Gasteiger partial charge is 0.475 e. The molecule has 18 heavy (non-hydrogen) atoms. The van der Waals surface area contributed by atoms with E-state index < -0.39 is 11.8 Å². The topological polar surface area (TPSA) is 50.4 Å². The maximum absolute atomic E-state index is 13.2. The molecule has 0 atom stereocenters. The molecule has 0 fully saturated rings. The van der Waals surface area contributed by atoms with E-state index in [1.165, 1.54) is 30.0 Å². The van der Waals surface area contributed by atoms with Crippen molar-refractivity contribution in [3.05, 3.63) is 52.5 Å². The Kier molecular flexibility index (Phi) is 3.93. The first-order chi connectivity index (χ1) is 8.56. The molecular weight excluding hydrogens is 279 g/mol. The summed E-state index contributed by atoms with van der Waals surface area (Å²) in [6.07, 6.45) is 0. The number of aromatic carboxylic acids is 1. The van der Waals surface area contributed by atoms with Gasteiger partial charge in [-0.1, -0.05) is 29.4 Å². The molecule has 1 N–H and O–H groups in total. The third kappa shape index (κ3) is 3.05. The summed E-state index contributed by atoms with van der Waals surface area (Å²) in [5.41, 5.74) is 0.746. The van der Waals surface area contributed by atoms with Crippen molar-refractivity contribution in [1.82, 2.24) is 0 Å². The van der Waals surface area contributed by atoms with Crippen LogP contribution in [0.15, 0.2) is 39.8 Å². The van der Waals surface area contributed by atoms with Crippen LogP contribution in [0.5, 0.6) is 0 Å². The van der Waals surface area contributed by atoms with Crippen LogP contribution in [0.1, 0.15) is 16.1 Å². The van der Waals surface area contributed by atoms with Crippen LogP contribution in [-0.2, 0) is 5.75 Å². The van der Waals surface area contributed by atoms with Crippen molar-refractivity contribution in [2.45, 2.75) is 10.8 Å². The number of furan rings is 1. The van der Waals surface area contributed by atoms with E-state index in [0.717, 1.165) is 5.56 Å². The number of hydrogen-bond donors (Lipinski definition) is 1. The summed E-state index contributed by atoms with van der Waals surface area (Å²) < 4.78 is 18.2. The number of carboxylic acid groups (broad SMARTS) is 1. The van der Waals surface area contributed by atoms with Crippen molar-refractivity contribution < 1.29 is 18.7 Å². The molecule has 3 nitrogen and oxygen atoms in total. The van der Waals surface area contributed by atoms with Gasteiger partial charge in [0.05, 0.1) is 5.02 Å². The van der Waals surface area contributed by atoms with Crippen LogP contribution in [0.4, 0.5) is 4.39 Å². The number of carboxylic acids is 1. The summed E-state index contributed by atoms with van der Waals surface area (Å²) in [7, 11) is 0. The van der Waals surface area contributed by atoms with Gasteiger partial charge >= 0.3 is 5.97 Å². The average molecular weight is 287 g/mol. The Morgan fingerprint density at radius 2 is 2.17 bits per heavy atom. The number of thioether (sulfide) groups is 1. The summed E-state index contributed by atoms with van der Waals surface area (Å²) in [6, 6.07) is 7.49. The van der Waals surface area contributed by atoms with Crippen molar-refractivity contribution in [2.75, 3.05) is 0 Å². The first-order valence-corrected chi connectivity index (χ1v) is 6.32. The second-order valence-electron chi connectivity index (χ2n) is 3.46. The minimum absolute atomic E-state index is 0.0786. The minimum atomic E-state index is -1.11. The van der Waals surface area contributed by atoms with Gasteiger partial charge in [0.2, 0.25) is 5.76 Å². The molecule has 0 amide bonds. The monoisotopic (exact) mass is 286 g/mol. The van der Waals surface area contributed by atoms with E-state index in [4.69, 9.17) is 21.1 Å². The molecule has 0 aliphatic rings. The van der Waals surface area contributed by atoms with Crippen molar-refractivity contribution in [2.24, 2.45) is 0 Å². The maximum atomic E-state index is 13.2. The third-order valence-corrected chi connectivity index (χ3v) is 3.45. The van der Waals surface area contributed by atoms with Gasteiger partial charge in [0.25, 0.3) is 0 Å². The number of carbonyl (C=O) groups is 1. The van der Waals surface area contributed by atoms with Crippen molar-refractivity contribution in [1.29, 1.82) is 0 Å². The van der Waals surface area contributed by atoms with E-state index in [2.05, 4.69) is 0 Å². The van der Waals surface area contributed by atoms with Crippen molar-refractivity contribution in [3.8, 4) is 0 Å². The van der Waals surface area contributed by atoms with Crippen LogP contribution in [0.2, 0.25) is 5.02 Å². The van der Waals surface area contributed by atoms with Gasteiger partial charge in [-0.05, 0) is 29.8 Å². The molecule has 1 aromatic heterocycles. The van der Waals surface area contributed by atoms with Crippen LogP contribution < -0.4 is 0 Å². The van der Waals surface area contributed by atoms with Gasteiger partial charge in [0.15, 0.2) is 5.09 Å². The second-order valence-corrected chi connectivity index (χ2v) is 4.85. The standard InChI is InChI=1S/C12H8ClFO3S/c13-8-2-1-7(5-9(8)14)6-18-11-4-3-10(17-11)12(15)16/h1-5H,6H2,(H,15,16). The highest BCUT2D eigenvalue weighted by Crippen LogP contribution is 2.26. The summed E-state index contributed by atoms with van der Waals surface area (Å²) in [5.74, 6) is -1.22. The molecule has 1 heterocycles. The molecule has 0 radical (unpaired) electrons. The van der Waals surface area contributed by atoms with E-state index in [9.17, 15) is 9.18 Å². The number of benzene rings is 1. The summed E-state index contributed by atoms with van der Waals surface area (Å²) in [4.78, 5) is 10.6. The molecule has 0 unspecified atom stereocenters. The fraction of sp³-hybridized carbons (Fsp3) is 0.0833. The van der Waals surface area contributed by atoms with Crippen LogP contribution in [0.3, 0.4) is 0 Å². The highest BCUT2D eigenvalue weighted by Gasteiger charge is 2.09. The molecule has 0 aliphatic carbocycles. The van der Waals surface area contributed by atoms with Crippen molar-refractivity contribution >= 4 is 29.3 Å². The van der Waals surface area contributed by atoms with Crippen LogP contribution >= 0.6 is 23.4 Å². The van der Waals surface area contributed by atoms with E-state index >= 15 is 0 Å². The van der Waals surface area contributed by atoms with E-state index in [1.807, 2.05) is 0 Å². The zero-order valence-electron chi connectivity index (χ0n) is 9.02. The molecule has 0 saturated carbocycles. The highest BCUT2D eigenvalue weighted by atomic mass is 35.5. The lowest BCUT2D eigenvalue weighted by Gasteiger charge is -2.00. The summed E-state index contributed by atoms with van der Waals surface area (Å²) in [5, 5.41) is 9.24. The molecule has 94 valence electrons. The third-order valence-electron chi connectivity index (χ3n) is 2.16. The first kappa shape index (κ1) is 13.0. The van der Waals surface area contributed by atoms with Crippen molar-refractivity contribution in [3.63, 3.8) is 0 Å². The summed E-state index contributed by atoms with van der Waals surface area (Å²) in [6.45, 7) is 0. The van der Waals surface area contributed by atoms with Gasteiger partial charge in [-0.25, -0.2) is 9.18 Å². The normalized spacial score (nSPS) is 10.6. The van der Waals surface area contributed by atoms with Gasteiger partial charge in [-0.2, -0.15) is 0 Å². The smallest absolute Gasteiger partial charge is 0.371 e. The zero-order chi connectivity index (χ0) is 13.1. The van der Waals surface area contributed by atoms with Gasteiger partial charge < -0.3 is 9.52 Å². The Morgan fingerprint density at radius 1 is 1.39 bits per heavy atom. The SMILES string of the molecule is O=C(O)c1ccc(SCc2ccc(Cl)c(F)c2)o1. The molecule has 2 aromatic rings. The molecule has 0 spiro atoms. The zero-order valence-corrected chi connectivity index (χ0v) is 10.6. The Morgan fingerprint density at radius 3 is 2.78 bits per heavy atom. The Labute approximate surface area is 112 Å². The average Bonchev–Trinajstić information content (AvgIpc) is 2.79. The number of hydrogen-bond acceptors (Lipinski definition) is 3. The number of halogens is 2. The number of rotatable bonds is 4. The van der Waals surface area contributed by atoms with Crippen LogP contribution in [0, 0.1) is 5.82 Å². The predicted molar refractivity (Wildman–Crippen MR) is 66.6 cm³/mol. The van der Waals surface area contributed by atoms with Gasteiger partial charge in [0.1, 0.15) is 5.82 Å². The summed E-state index contributed by atoms with van der Waals surface area (Å²) >= 11 is 6.86. The Hall–Kier alpha value is -1.46. The Bertz CT molecular complexity index is 582. The van der Waals surface area contributed by atoms with Gasteiger partial charge in [-0.15, -0.1) is 0 Å². The molecule has 1 aromatic carbocycles. The van der Waals surface area contributed by atoms with E-state index in [-0.39, 0.29) is 10.8 Å². The minimum Gasteiger partial charge on any atom is -0.475 e. The molecule has 0 aliphatic heterocycles. The molecule has 0 saturated heterocycles. The molecule has 2 rings (SSSR count). The quantitative estimate of drug-likeness (QED) is 0.861. The highest BCUT2D eigenvalue weighted by molar-refractivity contribution is 7.98.